The van der Waals surface area contributed by atoms with E-state index in [-0.39, 0.29) is 6.42 Å². The van der Waals surface area contributed by atoms with Crippen LogP contribution in [0.5, 0.6) is 0 Å². The molecule has 3 unspecified atom stereocenters. The Kier molecular flexibility index (Phi) is 4.96. The van der Waals surface area contributed by atoms with Crippen molar-refractivity contribution in [3.8, 4) is 0 Å². The average Bonchev–Trinajstić information content (AvgIpc) is 2.78. The number of hydrogen-bond donors (Lipinski definition) is 1. The number of aromatic nitrogens is 2. The zero-order valence-corrected chi connectivity index (χ0v) is 12.7. The molecule has 1 aromatic rings. The van der Waals surface area contributed by atoms with Gasteiger partial charge in [0, 0.05) is 25.2 Å². The van der Waals surface area contributed by atoms with Gasteiger partial charge in [0.05, 0.1) is 11.6 Å². The van der Waals surface area contributed by atoms with Gasteiger partial charge < -0.3 is 5.73 Å². The van der Waals surface area contributed by atoms with Crippen LogP contribution in [0.25, 0.3) is 0 Å². The summed E-state index contributed by atoms with van der Waals surface area (Å²) in [5.74, 6) is -1.72. The van der Waals surface area contributed by atoms with E-state index < -0.39 is 24.1 Å². The topological polar surface area (TPSA) is 43.8 Å². The Balaban J connectivity index is 2.10. The summed E-state index contributed by atoms with van der Waals surface area (Å²) in [6, 6.07) is 1.49. The Bertz CT molecular complexity index is 467. The quantitative estimate of drug-likeness (QED) is 0.928. The molecule has 0 saturated heterocycles. The predicted molar refractivity (Wildman–Crippen MR) is 75.8 cm³/mol. The van der Waals surface area contributed by atoms with Gasteiger partial charge in [-0.3, -0.25) is 4.68 Å². The molecule has 6 heteroatoms. The van der Waals surface area contributed by atoms with Crippen LogP contribution >= 0.6 is 0 Å². The Morgan fingerprint density at radius 3 is 2.62 bits per heavy atom. The van der Waals surface area contributed by atoms with E-state index in [0.29, 0.717) is 19.3 Å². The minimum atomic E-state index is -4.14. The summed E-state index contributed by atoms with van der Waals surface area (Å²) in [5, 5.41) is 4.33. The lowest BCUT2D eigenvalue weighted by atomic mass is 9.74. The fourth-order valence-electron chi connectivity index (χ4n) is 3.41. The molecular formula is C15H24F3N3. The number of hydrogen-bond acceptors (Lipinski definition) is 2. The highest BCUT2D eigenvalue weighted by molar-refractivity contribution is 5.12. The van der Waals surface area contributed by atoms with Crippen LogP contribution in [0.1, 0.15) is 44.0 Å². The molecule has 1 aromatic heterocycles. The lowest BCUT2D eigenvalue weighted by Gasteiger charge is -2.36. The molecule has 0 bridgehead atoms. The maximum absolute atomic E-state index is 13.2. The van der Waals surface area contributed by atoms with Crippen molar-refractivity contribution in [2.45, 2.75) is 57.7 Å². The fraction of sp³-hybridized carbons (Fsp3) is 0.800. The first-order valence-electron chi connectivity index (χ1n) is 7.67. The first-order chi connectivity index (χ1) is 9.82. The maximum atomic E-state index is 13.2. The molecule has 2 N–H and O–H groups in total. The average molecular weight is 303 g/mol. The molecule has 120 valence electrons. The van der Waals surface area contributed by atoms with Crippen LogP contribution in [-0.4, -0.2) is 22.0 Å². The van der Waals surface area contributed by atoms with E-state index in [0.717, 1.165) is 24.2 Å². The van der Waals surface area contributed by atoms with Crippen LogP contribution < -0.4 is 5.73 Å². The van der Waals surface area contributed by atoms with Gasteiger partial charge in [0.1, 0.15) is 0 Å². The SMILES string of the molecule is CCc1cc(CC(N)C2CCCCC2C(F)(F)F)n(C)n1. The van der Waals surface area contributed by atoms with E-state index in [9.17, 15) is 13.2 Å². The van der Waals surface area contributed by atoms with E-state index >= 15 is 0 Å². The molecule has 0 spiro atoms. The number of nitrogens with zero attached hydrogens (tertiary/aromatic N) is 2. The predicted octanol–water partition coefficient (Wildman–Crippen LogP) is 3.22. The third kappa shape index (κ3) is 3.78. The van der Waals surface area contributed by atoms with Gasteiger partial charge in [-0.15, -0.1) is 0 Å². The normalized spacial score (nSPS) is 25.0. The van der Waals surface area contributed by atoms with Crippen molar-refractivity contribution in [1.82, 2.24) is 9.78 Å². The van der Waals surface area contributed by atoms with Gasteiger partial charge in [0.15, 0.2) is 0 Å². The second-order valence-corrected chi connectivity index (χ2v) is 6.07. The molecule has 1 saturated carbocycles. The summed E-state index contributed by atoms with van der Waals surface area (Å²) in [6.07, 6.45) is -0.574. The maximum Gasteiger partial charge on any atom is 0.392 e. The molecule has 1 fully saturated rings. The van der Waals surface area contributed by atoms with Crippen LogP contribution in [0.3, 0.4) is 0 Å². The highest BCUT2D eigenvalue weighted by Gasteiger charge is 2.47. The van der Waals surface area contributed by atoms with Gasteiger partial charge in [-0.05, 0) is 31.2 Å². The smallest absolute Gasteiger partial charge is 0.327 e. The van der Waals surface area contributed by atoms with Crippen LogP contribution in [0.4, 0.5) is 13.2 Å². The van der Waals surface area contributed by atoms with E-state index in [1.165, 1.54) is 0 Å². The first kappa shape index (κ1) is 16.3. The van der Waals surface area contributed by atoms with Crippen molar-refractivity contribution in [3.05, 3.63) is 17.5 Å². The molecule has 1 aliphatic carbocycles. The third-order valence-electron chi connectivity index (χ3n) is 4.62. The minimum absolute atomic E-state index is 0.216. The van der Waals surface area contributed by atoms with Gasteiger partial charge in [0.25, 0.3) is 0 Å². The molecule has 1 aliphatic rings. The summed E-state index contributed by atoms with van der Waals surface area (Å²) in [5.41, 5.74) is 8.02. The summed E-state index contributed by atoms with van der Waals surface area (Å²) >= 11 is 0. The zero-order valence-electron chi connectivity index (χ0n) is 12.7. The standard InChI is InChI=1S/C15H24F3N3/c1-3-10-8-11(21(2)20-10)9-14(19)12-6-4-5-7-13(12)15(16,17)18/h8,12-14H,3-7,9,19H2,1-2H3. The van der Waals surface area contributed by atoms with Gasteiger partial charge in [-0.25, -0.2) is 0 Å². The zero-order chi connectivity index (χ0) is 15.6. The van der Waals surface area contributed by atoms with Gasteiger partial charge in [-0.2, -0.15) is 18.3 Å². The summed E-state index contributed by atoms with van der Waals surface area (Å²) in [7, 11) is 1.82. The van der Waals surface area contributed by atoms with Crippen LogP contribution in [-0.2, 0) is 19.9 Å². The molecule has 0 aliphatic heterocycles. The lowest BCUT2D eigenvalue weighted by Crippen LogP contribution is -2.44. The molecule has 1 heterocycles. The Morgan fingerprint density at radius 1 is 1.38 bits per heavy atom. The molecule has 2 rings (SSSR count). The van der Waals surface area contributed by atoms with Crippen molar-refractivity contribution >= 4 is 0 Å². The van der Waals surface area contributed by atoms with Crippen molar-refractivity contribution < 1.29 is 13.2 Å². The molecule has 3 atom stereocenters. The molecule has 0 radical (unpaired) electrons. The number of aryl methyl sites for hydroxylation is 2. The number of rotatable bonds is 4. The van der Waals surface area contributed by atoms with E-state index in [2.05, 4.69) is 5.10 Å². The summed E-state index contributed by atoms with van der Waals surface area (Å²) in [6.45, 7) is 2.01. The van der Waals surface area contributed by atoms with Crippen LogP contribution in [0.2, 0.25) is 0 Å². The summed E-state index contributed by atoms with van der Waals surface area (Å²) in [4.78, 5) is 0. The third-order valence-corrected chi connectivity index (χ3v) is 4.62. The molecule has 0 aromatic carbocycles. The largest absolute Gasteiger partial charge is 0.392 e. The minimum Gasteiger partial charge on any atom is -0.327 e. The fourth-order valence-corrected chi connectivity index (χ4v) is 3.41. The molecule has 0 amide bonds. The number of halogens is 3. The van der Waals surface area contributed by atoms with Crippen molar-refractivity contribution in [2.75, 3.05) is 0 Å². The first-order valence-corrected chi connectivity index (χ1v) is 7.67. The highest BCUT2D eigenvalue weighted by Crippen LogP contribution is 2.42. The van der Waals surface area contributed by atoms with E-state index in [4.69, 9.17) is 5.73 Å². The van der Waals surface area contributed by atoms with Crippen LogP contribution in [0.15, 0.2) is 6.07 Å². The molecule has 21 heavy (non-hydrogen) atoms. The highest BCUT2D eigenvalue weighted by atomic mass is 19.4. The molecule has 3 nitrogen and oxygen atoms in total. The number of alkyl halides is 3. The lowest BCUT2D eigenvalue weighted by molar-refractivity contribution is -0.198. The monoisotopic (exact) mass is 303 g/mol. The van der Waals surface area contributed by atoms with E-state index in [1.807, 2.05) is 20.0 Å². The van der Waals surface area contributed by atoms with E-state index in [1.54, 1.807) is 4.68 Å². The van der Waals surface area contributed by atoms with Crippen molar-refractivity contribution in [1.29, 1.82) is 0 Å². The van der Waals surface area contributed by atoms with Gasteiger partial charge >= 0.3 is 6.18 Å². The van der Waals surface area contributed by atoms with Gasteiger partial charge in [-0.1, -0.05) is 19.8 Å². The Hall–Kier alpha value is -1.04. The second-order valence-electron chi connectivity index (χ2n) is 6.07. The Labute approximate surface area is 123 Å². The second kappa shape index (κ2) is 6.38. The Morgan fingerprint density at radius 2 is 2.05 bits per heavy atom. The van der Waals surface area contributed by atoms with Crippen LogP contribution in [0, 0.1) is 11.8 Å². The number of nitrogens with two attached hydrogens (primary N) is 1. The van der Waals surface area contributed by atoms with Crippen molar-refractivity contribution in [2.24, 2.45) is 24.6 Å². The summed E-state index contributed by atoms with van der Waals surface area (Å²) < 4.78 is 41.2. The molecular weight excluding hydrogens is 279 g/mol. The van der Waals surface area contributed by atoms with Gasteiger partial charge in [0.2, 0.25) is 0 Å². The van der Waals surface area contributed by atoms with Crippen molar-refractivity contribution in [3.63, 3.8) is 0 Å².